The Labute approximate surface area is 125 Å². The molecule has 0 fully saturated rings. The average Bonchev–Trinajstić information content (AvgIpc) is 2.32. The zero-order valence-corrected chi connectivity index (χ0v) is 13.0. The number of aromatic carboxylic acids is 1. The van der Waals surface area contributed by atoms with Crippen LogP contribution >= 0.6 is 0 Å². The minimum Gasteiger partial charge on any atom is -0.478 e. The number of nitrogens with two attached hydrogens (primary N) is 1. The first kappa shape index (κ1) is 17.2. The number of benzene rings is 1. The van der Waals surface area contributed by atoms with E-state index in [4.69, 9.17) is 10.5 Å². The van der Waals surface area contributed by atoms with Crippen LogP contribution in [0.3, 0.4) is 0 Å². The molecule has 3 N–H and O–H groups in total. The van der Waals surface area contributed by atoms with Gasteiger partial charge >= 0.3 is 11.9 Å². The van der Waals surface area contributed by atoms with Crippen LogP contribution in [0.2, 0.25) is 0 Å². The van der Waals surface area contributed by atoms with Crippen molar-refractivity contribution in [2.24, 2.45) is 5.73 Å². The van der Waals surface area contributed by atoms with Gasteiger partial charge in [-0.25, -0.2) is 4.79 Å². The van der Waals surface area contributed by atoms with Crippen molar-refractivity contribution in [2.75, 3.05) is 0 Å². The van der Waals surface area contributed by atoms with Crippen molar-refractivity contribution in [1.82, 2.24) is 0 Å². The van der Waals surface area contributed by atoms with Crippen molar-refractivity contribution in [1.29, 1.82) is 0 Å². The summed E-state index contributed by atoms with van der Waals surface area (Å²) < 4.78 is 5.24. The minimum absolute atomic E-state index is 0.144. The Kier molecular flexibility index (Phi) is 5.49. The first-order chi connectivity index (χ1) is 9.64. The summed E-state index contributed by atoms with van der Waals surface area (Å²) in [7, 11) is 0. The van der Waals surface area contributed by atoms with E-state index in [0.29, 0.717) is 24.1 Å². The van der Waals surface area contributed by atoms with Crippen LogP contribution in [-0.4, -0.2) is 22.6 Å². The second-order valence-corrected chi connectivity index (χ2v) is 6.04. The molecule has 0 heterocycles. The highest BCUT2D eigenvalue weighted by Gasteiger charge is 2.19. The highest BCUT2D eigenvalue weighted by atomic mass is 16.6. The molecule has 116 valence electrons. The molecule has 0 saturated heterocycles. The number of rotatable bonds is 5. The number of carbonyl (C=O) groups is 2. The molecule has 0 aliphatic heterocycles. The minimum atomic E-state index is -0.990. The number of hydrogen-bond acceptors (Lipinski definition) is 4. The molecule has 0 spiro atoms. The molecule has 0 aromatic heterocycles. The maximum absolute atomic E-state index is 11.8. The molecule has 0 radical (unpaired) electrons. The van der Waals surface area contributed by atoms with Gasteiger partial charge < -0.3 is 15.6 Å². The van der Waals surface area contributed by atoms with Crippen LogP contribution in [0.4, 0.5) is 0 Å². The summed E-state index contributed by atoms with van der Waals surface area (Å²) in [6.07, 6.45) is 0.468. The van der Waals surface area contributed by atoms with Crippen LogP contribution < -0.4 is 5.73 Å². The lowest BCUT2D eigenvalue weighted by Gasteiger charge is -2.19. The van der Waals surface area contributed by atoms with Crippen LogP contribution in [0.15, 0.2) is 12.1 Å². The zero-order chi connectivity index (χ0) is 16.2. The first-order valence-corrected chi connectivity index (χ1v) is 6.91. The monoisotopic (exact) mass is 293 g/mol. The third kappa shape index (κ3) is 5.19. The van der Waals surface area contributed by atoms with Crippen molar-refractivity contribution in [3.8, 4) is 0 Å². The molecule has 0 aliphatic carbocycles. The fraction of sp³-hybridized carbons (Fsp3) is 0.500. The number of aryl methyl sites for hydroxylation is 2. The summed E-state index contributed by atoms with van der Waals surface area (Å²) in [6, 6.07) is 3.52. The second-order valence-electron chi connectivity index (χ2n) is 6.04. The van der Waals surface area contributed by atoms with Gasteiger partial charge in [0.1, 0.15) is 5.60 Å². The highest BCUT2D eigenvalue weighted by molar-refractivity contribution is 5.91. The molecule has 0 atom stereocenters. The summed E-state index contributed by atoms with van der Waals surface area (Å²) >= 11 is 0. The molecule has 1 aromatic carbocycles. The predicted molar refractivity (Wildman–Crippen MR) is 80.2 cm³/mol. The van der Waals surface area contributed by atoms with E-state index in [1.807, 2.05) is 0 Å². The van der Waals surface area contributed by atoms with Crippen molar-refractivity contribution < 1.29 is 19.4 Å². The van der Waals surface area contributed by atoms with Crippen LogP contribution in [0.1, 0.15) is 54.2 Å². The second kappa shape index (κ2) is 6.72. The van der Waals surface area contributed by atoms with E-state index in [0.717, 1.165) is 5.56 Å². The van der Waals surface area contributed by atoms with Crippen LogP contribution in [0, 0.1) is 6.92 Å². The normalized spacial score (nSPS) is 11.3. The average molecular weight is 293 g/mol. The molecule has 0 unspecified atom stereocenters. The van der Waals surface area contributed by atoms with Gasteiger partial charge in [-0.2, -0.15) is 0 Å². The standard InChI is InChI=1S/C16H23NO4/c1-10-7-11(9-17)8-12(14(10)15(19)20)5-6-13(18)21-16(2,3)4/h7-8H,5-6,9,17H2,1-4H3,(H,19,20). The van der Waals surface area contributed by atoms with Gasteiger partial charge in [-0.3, -0.25) is 4.79 Å². The van der Waals surface area contributed by atoms with Gasteiger partial charge in [-0.05, 0) is 50.8 Å². The highest BCUT2D eigenvalue weighted by Crippen LogP contribution is 2.20. The van der Waals surface area contributed by atoms with E-state index in [-0.39, 0.29) is 18.0 Å². The molecule has 1 aromatic rings. The largest absolute Gasteiger partial charge is 0.478 e. The van der Waals surface area contributed by atoms with Crippen LogP contribution in [-0.2, 0) is 22.5 Å². The van der Waals surface area contributed by atoms with Gasteiger partial charge in [0.05, 0.1) is 5.56 Å². The number of carboxylic acids is 1. The Balaban J connectivity index is 2.94. The van der Waals surface area contributed by atoms with Gasteiger partial charge in [-0.15, -0.1) is 0 Å². The summed E-state index contributed by atoms with van der Waals surface area (Å²) in [5.41, 5.74) is 7.45. The van der Waals surface area contributed by atoms with Gasteiger partial charge in [0.25, 0.3) is 0 Å². The zero-order valence-electron chi connectivity index (χ0n) is 13.0. The lowest BCUT2D eigenvalue weighted by atomic mass is 9.95. The van der Waals surface area contributed by atoms with E-state index in [1.165, 1.54) is 0 Å². The van der Waals surface area contributed by atoms with E-state index in [1.54, 1.807) is 39.8 Å². The molecular formula is C16H23NO4. The third-order valence-electron chi connectivity index (χ3n) is 2.95. The lowest BCUT2D eigenvalue weighted by Crippen LogP contribution is -2.24. The Morgan fingerprint density at radius 1 is 1.29 bits per heavy atom. The Morgan fingerprint density at radius 3 is 2.38 bits per heavy atom. The first-order valence-electron chi connectivity index (χ1n) is 6.91. The molecule has 0 amide bonds. The van der Waals surface area contributed by atoms with E-state index >= 15 is 0 Å². The summed E-state index contributed by atoms with van der Waals surface area (Å²) in [5.74, 6) is -1.33. The third-order valence-corrected chi connectivity index (χ3v) is 2.95. The van der Waals surface area contributed by atoms with Gasteiger partial charge in [0.2, 0.25) is 0 Å². The van der Waals surface area contributed by atoms with Gasteiger partial charge in [-0.1, -0.05) is 12.1 Å². The van der Waals surface area contributed by atoms with Crippen molar-refractivity contribution in [3.05, 3.63) is 34.4 Å². The molecule has 5 nitrogen and oxygen atoms in total. The number of esters is 1. The van der Waals surface area contributed by atoms with E-state index < -0.39 is 11.6 Å². The molecule has 0 saturated carbocycles. The number of carboxylic acid groups (broad SMARTS) is 1. The maximum atomic E-state index is 11.8. The van der Waals surface area contributed by atoms with Crippen molar-refractivity contribution >= 4 is 11.9 Å². The van der Waals surface area contributed by atoms with Crippen LogP contribution in [0.5, 0.6) is 0 Å². The molecule has 5 heteroatoms. The number of carbonyl (C=O) groups excluding carboxylic acids is 1. The van der Waals surface area contributed by atoms with Crippen molar-refractivity contribution in [2.45, 2.75) is 52.7 Å². The fourth-order valence-corrected chi connectivity index (χ4v) is 2.19. The molecule has 21 heavy (non-hydrogen) atoms. The summed E-state index contributed by atoms with van der Waals surface area (Å²) in [4.78, 5) is 23.1. The quantitative estimate of drug-likeness (QED) is 0.814. The van der Waals surface area contributed by atoms with Gasteiger partial charge in [0.15, 0.2) is 0 Å². The number of ether oxygens (including phenoxy) is 1. The van der Waals surface area contributed by atoms with E-state index in [9.17, 15) is 14.7 Å². The Bertz CT molecular complexity index is 544. The predicted octanol–water partition coefficient (Wildman–Crippen LogP) is 2.43. The smallest absolute Gasteiger partial charge is 0.336 e. The topological polar surface area (TPSA) is 89.6 Å². The SMILES string of the molecule is Cc1cc(CN)cc(CCC(=O)OC(C)(C)C)c1C(=O)O. The summed E-state index contributed by atoms with van der Waals surface area (Å²) in [5, 5.41) is 9.31. The molecule has 0 aliphatic rings. The van der Waals surface area contributed by atoms with E-state index in [2.05, 4.69) is 0 Å². The van der Waals surface area contributed by atoms with Gasteiger partial charge in [0, 0.05) is 13.0 Å². The summed E-state index contributed by atoms with van der Waals surface area (Å²) in [6.45, 7) is 7.46. The fourth-order valence-electron chi connectivity index (χ4n) is 2.19. The van der Waals surface area contributed by atoms with Crippen LogP contribution in [0.25, 0.3) is 0 Å². The molecule has 1 rings (SSSR count). The Hall–Kier alpha value is -1.88. The van der Waals surface area contributed by atoms with Crippen molar-refractivity contribution in [3.63, 3.8) is 0 Å². The Morgan fingerprint density at radius 2 is 1.90 bits per heavy atom. The molecule has 0 bridgehead atoms. The lowest BCUT2D eigenvalue weighted by molar-refractivity contribution is -0.154. The molecular weight excluding hydrogens is 270 g/mol. The maximum Gasteiger partial charge on any atom is 0.336 e. The number of hydrogen-bond donors (Lipinski definition) is 2.